The molecule has 1 amide bonds. The molecule has 146 valence electrons. The minimum absolute atomic E-state index is 0.0949. The molecule has 6 rings (SSSR count). The van der Waals surface area contributed by atoms with Gasteiger partial charge in [-0.05, 0) is 42.3 Å². The maximum absolute atomic E-state index is 13.1. The Morgan fingerprint density at radius 1 is 1.21 bits per heavy atom. The molecule has 3 aliphatic rings. The van der Waals surface area contributed by atoms with E-state index in [0.717, 1.165) is 35.0 Å². The topological polar surface area (TPSA) is 64.0 Å². The predicted molar refractivity (Wildman–Crippen MR) is 111 cm³/mol. The van der Waals surface area contributed by atoms with Gasteiger partial charge >= 0.3 is 0 Å². The first kappa shape index (κ1) is 17.2. The maximum atomic E-state index is 13.1. The number of ether oxygens (including phenoxy) is 2. The van der Waals surface area contributed by atoms with Crippen molar-refractivity contribution in [1.82, 2.24) is 9.99 Å². The molecule has 2 aliphatic heterocycles. The second-order valence-electron chi connectivity index (χ2n) is 7.48. The van der Waals surface area contributed by atoms with E-state index in [1.807, 2.05) is 35.7 Å². The third kappa shape index (κ3) is 2.88. The quantitative estimate of drug-likeness (QED) is 0.552. The van der Waals surface area contributed by atoms with Gasteiger partial charge in [-0.3, -0.25) is 4.79 Å². The predicted octanol–water partition coefficient (Wildman–Crippen LogP) is 5.03. The maximum Gasteiger partial charge on any atom is 0.284 e. The van der Waals surface area contributed by atoms with Gasteiger partial charge in [-0.2, -0.15) is 5.10 Å². The first-order valence-electron chi connectivity index (χ1n) is 9.51. The number of thiophene rings is 1. The number of rotatable bonds is 3. The highest BCUT2D eigenvalue weighted by atomic mass is 35.5. The Labute approximate surface area is 175 Å². The second kappa shape index (κ2) is 6.43. The van der Waals surface area contributed by atoms with Crippen molar-refractivity contribution in [2.75, 3.05) is 6.79 Å². The van der Waals surface area contributed by atoms with Gasteiger partial charge in [0.2, 0.25) is 6.79 Å². The van der Waals surface area contributed by atoms with Crippen molar-refractivity contribution >= 4 is 45.5 Å². The van der Waals surface area contributed by atoms with Gasteiger partial charge in [0.1, 0.15) is 5.15 Å². The van der Waals surface area contributed by atoms with E-state index in [-0.39, 0.29) is 18.7 Å². The molecular weight excluding hydrogens is 410 g/mol. The van der Waals surface area contributed by atoms with Crippen molar-refractivity contribution in [2.24, 2.45) is 11.0 Å². The van der Waals surface area contributed by atoms with Crippen molar-refractivity contribution < 1.29 is 14.3 Å². The van der Waals surface area contributed by atoms with Gasteiger partial charge in [-0.25, -0.2) is 9.99 Å². The third-order valence-electron chi connectivity index (χ3n) is 5.57. The van der Waals surface area contributed by atoms with E-state index >= 15 is 0 Å². The summed E-state index contributed by atoms with van der Waals surface area (Å²) in [5, 5.41) is 9.50. The molecule has 0 radical (unpaired) electrons. The largest absolute Gasteiger partial charge is 0.454 e. The number of halogens is 1. The fourth-order valence-electron chi connectivity index (χ4n) is 3.93. The third-order valence-corrected chi connectivity index (χ3v) is 6.73. The average Bonchev–Trinajstić information content (AvgIpc) is 3.13. The molecule has 8 heteroatoms. The highest BCUT2D eigenvalue weighted by Gasteiger charge is 2.40. The number of carbonyl (C=O) groups is 1. The standard InChI is InChI=1S/C21H16ClN3O3S/c22-20-13(6-12-7-17-18(28-10-27-17)9-14(12)23-20)16-8-15(11-3-4-11)24-25(16)21(26)19-2-1-5-29-19/h1-2,5-7,9,11,16H,3-4,8,10H2/t16-/m1/s1. The number of nitrogens with zero attached hydrogens (tertiary/aromatic N) is 3. The second-order valence-corrected chi connectivity index (χ2v) is 8.78. The molecule has 29 heavy (non-hydrogen) atoms. The first-order valence-corrected chi connectivity index (χ1v) is 10.8. The molecule has 4 heterocycles. The minimum Gasteiger partial charge on any atom is -0.454 e. The lowest BCUT2D eigenvalue weighted by Gasteiger charge is -2.22. The van der Waals surface area contributed by atoms with Crippen LogP contribution < -0.4 is 9.47 Å². The van der Waals surface area contributed by atoms with Crippen LogP contribution in [0.3, 0.4) is 0 Å². The number of hydrazone groups is 1. The monoisotopic (exact) mass is 425 g/mol. The van der Waals surface area contributed by atoms with Crippen LogP contribution in [0.25, 0.3) is 10.9 Å². The Bertz CT molecular complexity index is 1170. The highest BCUT2D eigenvalue weighted by molar-refractivity contribution is 7.12. The SMILES string of the molecule is O=C(c1cccs1)N1N=C(C2CC2)C[C@@H]1c1cc2cc3c(cc2nc1Cl)OCO3. The number of hydrogen-bond acceptors (Lipinski definition) is 6. The van der Waals surface area contributed by atoms with Crippen LogP contribution in [0.5, 0.6) is 11.5 Å². The number of benzene rings is 1. The van der Waals surface area contributed by atoms with E-state index < -0.39 is 0 Å². The number of aromatic nitrogens is 1. The zero-order chi connectivity index (χ0) is 19.5. The molecule has 0 N–H and O–H groups in total. The van der Waals surface area contributed by atoms with Crippen LogP contribution in [-0.4, -0.2) is 28.4 Å². The summed E-state index contributed by atoms with van der Waals surface area (Å²) in [7, 11) is 0. The summed E-state index contributed by atoms with van der Waals surface area (Å²) in [6, 6.07) is 9.19. The summed E-state index contributed by atoms with van der Waals surface area (Å²) in [4.78, 5) is 18.4. The summed E-state index contributed by atoms with van der Waals surface area (Å²) in [5.41, 5.74) is 2.63. The van der Waals surface area contributed by atoms with Gasteiger partial charge in [0.15, 0.2) is 11.5 Å². The Morgan fingerprint density at radius 3 is 2.79 bits per heavy atom. The molecule has 1 saturated carbocycles. The lowest BCUT2D eigenvalue weighted by molar-refractivity contribution is 0.0716. The zero-order valence-electron chi connectivity index (χ0n) is 15.3. The minimum atomic E-state index is -0.255. The summed E-state index contributed by atoms with van der Waals surface area (Å²) in [6.45, 7) is 0.205. The van der Waals surface area contributed by atoms with Gasteiger partial charge in [0.25, 0.3) is 5.91 Å². The van der Waals surface area contributed by atoms with Crippen LogP contribution in [0.4, 0.5) is 0 Å². The number of pyridine rings is 1. The van der Waals surface area contributed by atoms with Gasteiger partial charge < -0.3 is 9.47 Å². The highest BCUT2D eigenvalue weighted by Crippen LogP contribution is 2.44. The molecule has 0 spiro atoms. The van der Waals surface area contributed by atoms with Crippen LogP contribution in [0.1, 0.15) is 40.5 Å². The van der Waals surface area contributed by atoms with E-state index in [2.05, 4.69) is 4.98 Å². The van der Waals surface area contributed by atoms with Crippen molar-refractivity contribution in [3.8, 4) is 11.5 Å². The van der Waals surface area contributed by atoms with Crippen molar-refractivity contribution in [2.45, 2.75) is 25.3 Å². The molecule has 1 aliphatic carbocycles. The normalized spacial score (nSPS) is 20.4. The summed E-state index contributed by atoms with van der Waals surface area (Å²) in [6.07, 6.45) is 2.97. The molecule has 1 atom stereocenters. The molecule has 0 unspecified atom stereocenters. The molecule has 3 aromatic rings. The van der Waals surface area contributed by atoms with Crippen molar-refractivity contribution in [1.29, 1.82) is 0 Å². The molecular formula is C21H16ClN3O3S. The fourth-order valence-corrected chi connectivity index (χ4v) is 4.86. The first-order chi connectivity index (χ1) is 14.2. The number of carbonyl (C=O) groups excluding carboxylic acids is 1. The molecule has 1 fully saturated rings. The Balaban J connectivity index is 1.43. The van der Waals surface area contributed by atoms with Crippen molar-refractivity contribution in [3.05, 3.63) is 51.3 Å². The average molecular weight is 426 g/mol. The van der Waals surface area contributed by atoms with E-state index in [0.29, 0.717) is 33.9 Å². The molecule has 0 bridgehead atoms. The van der Waals surface area contributed by atoms with E-state index in [1.165, 1.54) is 11.3 Å². The number of amides is 1. The van der Waals surface area contributed by atoms with E-state index in [1.54, 1.807) is 5.01 Å². The van der Waals surface area contributed by atoms with Crippen LogP contribution in [0.15, 0.2) is 40.8 Å². The summed E-state index contributed by atoms with van der Waals surface area (Å²) in [5.74, 6) is 1.76. The van der Waals surface area contributed by atoms with Gasteiger partial charge in [0.05, 0.1) is 16.4 Å². The summed E-state index contributed by atoms with van der Waals surface area (Å²) < 4.78 is 10.9. The molecule has 1 aromatic carbocycles. The Hall–Kier alpha value is -2.64. The Morgan fingerprint density at radius 2 is 2.03 bits per heavy atom. The van der Waals surface area contributed by atoms with E-state index in [4.69, 9.17) is 26.2 Å². The van der Waals surface area contributed by atoms with Gasteiger partial charge in [-0.15, -0.1) is 11.3 Å². The molecule has 2 aromatic heterocycles. The van der Waals surface area contributed by atoms with Crippen LogP contribution in [0, 0.1) is 5.92 Å². The van der Waals surface area contributed by atoms with Crippen molar-refractivity contribution in [3.63, 3.8) is 0 Å². The molecule has 0 saturated heterocycles. The number of hydrogen-bond donors (Lipinski definition) is 0. The number of fused-ring (bicyclic) bond motifs is 2. The fraction of sp³-hybridized carbons (Fsp3) is 0.286. The van der Waals surface area contributed by atoms with Crippen LogP contribution in [0.2, 0.25) is 5.15 Å². The van der Waals surface area contributed by atoms with Gasteiger partial charge in [-0.1, -0.05) is 17.7 Å². The Kier molecular flexibility index (Phi) is 3.82. The van der Waals surface area contributed by atoms with Gasteiger partial charge in [0, 0.05) is 29.1 Å². The molecule has 6 nitrogen and oxygen atoms in total. The van der Waals surface area contributed by atoms with Crippen LogP contribution >= 0.6 is 22.9 Å². The summed E-state index contributed by atoms with van der Waals surface area (Å²) >= 11 is 8.02. The lowest BCUT2D eigenvalue weighted by Crippen LogP contribution is -2.26. The lowest BCUT2D eigenvalue weighted by atomic mass is 9.99. The van der Waals surface area contributed by atoms with Crippen LogP contribution in [-0.2, 0) is 0 Å². The smallest absolute Gasteiger partial charge is 0.284 e. The zero-order valence-corrected chi connectivity index (χ0v) is 16.9. The van der Waals surface area contributed by atoms with E-state index in [9.17, 15) is 4.79 Å².